The van der Waals surface area contributed by atoms with Crippen LogP contribution in [-0.4, -0.2) is 41.9 Å². The maximum absolute atomic E-state index is 12.5. The predicted octanol–water partition coefficient (Wildman–Crippen LogP) is 2.47. The molecule has 1 fully saturated rings. The molecule has 23 heavy (non-hydrogen) atoms. The zero-order valence-electron chi connectivity index (χ0n) is 15.1. The lowest BCUT2D eigenvalue weighted by molar-refractivity contribution is -0.140. The number of hydrogen-bond acceptors (Lipinski definition) is 3. The summed E-state index contributed by atoms with van der Waals surface area (Å²) in [5.74, 6) is 0.0503. The molecule has 2 amide bonds. The Balaban J connectivity index is 0.00000484. The van der Waals surface area contributed by atoms with E-state index >= 15 is 0 Å². The van der Waals surface area contributed by atoms with Crippen LogP contribution in [0.25, 0.3) is 0 Å². The molecule has 0 spiro atoms. The van der Waals surface area contributed by atoms with Crippen LogP contribution < -0.4 is 11.1 Å². The van der Waals surface area contributed by atoms with Gasteiger partial charge in [0.2, 0.25) is 11.8 Å². The summed E-state index contributed by atoms with van der Waals surface area (Å²) >= 11 is 0. The summed E-state index contributed by atoms with van der Waals surface area (Å²) in [6, 6.07) is -0.293. The number of nitrogens with zero attached hydrogens (tertiary/aromatic N) is 1. The third kappa shape index (κ3) is 7.53. The van der Waals surface area contributed by atoms with Gasteiger partial charge in [0.25, 0.3) is 0 Å². The minimum absolute atomic E-state index is 0. The average molecular weight is 348 g/mol. The van der Waals surface area contributed by atoms with Gasteiger partial charge < -0.3 is 16.0 Å². The summed E-state index contributed by atoms with van der Waals surface area (Å²) in [5, 5.41) is 3.03. The van der Waals surface area contributed by atoms with Crippen molar-refractivity contribution < 1.29 is 9.59 Å². The topological polar surface area (TPSA) is 75.4 Å². The molecule has 5 nitrogen and oxygen atoms in total. The smallest absolute Gasteiger partial charge is 0.243 e. The van der Waals surface area contributed by atoms with Crippen molar-refractivity contribution in [3.05, 3.63) is 0 Å². The van der Waals surface area contributed by atoms with Gasteiger partial charge in [-0.15, -0.1) is 12.4 Å². The molecule has 2 atom stereocenters. The fourth-order valence-corrected chi connectivity index (χ4v) is 2.89. The largest absolute Gasteiger partial charge is 0.350 e. The third-order valence-electron chi connectivity index (χ3n) is 4.09. The van der Waals surface area contributed by atoms with Crippen LogP contribution in [-0.2, 0) is 9.59 Å². The van der Waals surface area contributed by atoms with Crippen LogP contribution in [0.1, 0.15) is 66.2 Å². The SMILES string of the molecule is CCCCC(CN)NC(=O)C1CCCN1C(=O)CC(C)(C)C.Cl. The van der Waals surface area contributed by atoms with Crippen LogP contribution in [0.3, 0.4) is 0 Å². The highest BCUT2D eigenvalue weighted by molar-refractivity contribution is 5.88. The van der Waals surface area contributed by atoms with Gasteiger partial charge in [0.05, 0.1) is 0 Å². The first kappa shape index (κ1) is 22.2. The lowest BCUT2D eigenvalue weighted by Crippen LogP contribution is -2.50. The molecule has 0 aromatic carbocycles. The lowest BCUT2D eigenvalue weighted by Gasteiger charge is -2.28. The van der Waals surface area contributed by atoms with Crippen molar-refractivity contribution in [3.63, 3.8) is 0 Å². The summed E-state index contributed by atoms with van der Waals surface area (Å²) in [6.45, 7) is 9.41. The first-order chi connectivity index (χ1) is 10.3. The van der Waals surface area contributed by atoms with E-state index in [2.05, 4.69) is 12.2 Å². The molecule has 1 aliphatic rings. The Bertz CT molecular complexity index is 383. The first-order valence-corrected chi connectivity index (χ1v) is 8.58. The molecule has 0 saturated carbocycles. The molecule has 0 aliphatic carbocycles. The Kier molecular flexibility index (Phi) is 9.78. The van der Waals surface area contributed by atoms with Gasteiger partial charge in [0.1, 0.15) is 6.04 Å². The molecule has 3 N–H and O–H groups in total. The molecule has 1 rings (SSSR count). The molecule has 136 valence electrons. The highest BCUT2D eigenvalue weighted by Gasteiger charge is 2.35. The summed E-state index contributed by atoms with van der Waals surface area (Å²) in [7, 11) is 0. The summed E-state index contributed by atoms with van der Waals surface area (Å²) in [5.41, 5.74) is 5.69. The van der Waals surface area contributed by atoms with E-state index in [1.165, 1.54) is 0 Å². The molecule has 6 heteroatoms. The zero-order valence-corrected chi connectivity index (χ0v) is 15.9. The van der Waals surface area contributed by atoms with E-state index in [1.807, 2.05) is 20.8 Å². The van der Waals surface area contributed by atoms with E-state index < -0.39 is 0 Å². The van der Waals surface area contributed by atoms with Gasteiger partial charge in [-0.3, -0.25) is 9.59 Å². The number of halogens is 1. The maximum Gasteiger partial charge on any atom is 0.243 e. The second kappa shape index (κ2) is 10.1. The second-order valence-corrected chi connectivity index (χ2v) is 7.57. The van der Waals surface area contributed by atoms with Crippen LogP contribution in [0.2, 0.25) is 0 Å². The van der Waals surface area contributed by atoms with E-state index in [1.54, 1.807) is 4.90 Å². The van der Waals surface area contributed by atoms with Crippen molar-refractivity contribution in [2.45, 2.75) is 78.3 Å². The van der Waals surface area contributed by atoms with Gasteiger partial charge in [-0.2, -0.15) is 0 Å². The average Bonchev–Trinajstić information content (AvgIpc) is 2.90. The standard InChI is InChI=1S/C17H33N3O2.ClH/c1-5-6-8-13(12-18)19-16(22)14-9-7-10-20(14)15(21)11-17(2,3)4;/h13-14H,5-12,18H2,1-4H3,(H,19,22);1H. The lowest BCUT2D eigenvalue weighted by atomic mass is 9.91. The number of unbranched alkanes of at least 4 members (excludes halogenated alkanes) is 1. The monoisotopic (exact) mass is 347 g/mol. The van der Waals surface area contributed by atoms with Crippen molar-refractivity contribution in [2.24, 2.45) is 11.1 Å². The number of carbonyl (C=O) groups excluding carboxylic acids is 2. The van der Waals surface area contributed by atoms with Gasteiger partial charge in [-0.1, -0.05) is 40.5 Å². The van der Waals surface area contributed by atoms with Crippen molar-refractivity contribution >= 4 is 24.2 Å². The van der Waals surface area contributed by atoms with E-state index in [4.69, 9.17) is 5.73 Å². The third-order valence-corrected chi connectivity index (χ3v) is 4.09. The molecule has 1 aliphatic heterocycles. The molecule has 0 aromatic rings. The minimum atomic E-state index is -0.314. The van der Waals surface area contributed by atoms with Crippen LogP contribution in [0.4, 0.5) is 0 Å². The van der Waals surface area contributed by atoms with E-state index in [0.717, 1.165) is 32.1 Å². The number of carbonyl (C=O) groups is 2. The van der Waals surface area contributed by atoms with Crippen LogP contribution in [0.15, 0.2) is 0 Å². The molecule has 2 unspecified atom stereocenters. The molecule has 0 aromatic heterocycles. The van der Waals surface area contributed by atoms with Crippen LogP contribution >= 0.6 is 12.4 Å². The van der Waals surface area contributed by atoms with Crippen molar-refractivity contribution in [1.82, 2.24) is 10.2 Å². The first-order valence-electron chi connectivity index (χ1n) is 8.58. The van der Waals surface area contributed by atoms with E-state index in [-0.39, 0.29) is 41.7 Å². The van der Waals surface area contributed by atoms with Gasteiger partial charge >= 0.3 is 0 Å². The quantitative estimate of drug-likeness (QED) is 0.742. The van der Waals surface area contributed by atoms with Gasteiger partial charge in [0.15, 0.2) is 0 Å². The number of rotatable bonds is 7. The second-order valence-electron chi connectivity index (χ2n) is 7.57. The zero-order chi connectivity index (χ0) is 16.8. The predicted molar refractivity (Wildman–Crippen MR) is 96.6 cm³/mol. The Morgan fingerprint density at radius 3 is 2.52 bits per heavy atom. The van der Waals surface area contributed by atoms with Crippen LogP contribution in [0.5, 0.6) is 0 Å². The summed E-state index contributed by atoms with van der Waals surface area (Å²) in [6.07, 6.45) is 5.18. The Morgan fingerprint density at radius 1 is 1.35 bits per heavy atom. The number of likely N-dealkylation sites (tertiary alicyclic amines) is 1. The molecule has 1 saturated heterocycles. The van der Waals surface area contributed by atoms with Crippen molar-refractivity contribution in [1.29, 1.82) is 0 Å². The Hall–Kier alpha value is -0.810. The minimum Gasteiger partial charge on any atom is -0.350 e. The van der Waals surface area contributed by atoms with Gasteiger partial charge in [0, 0.05) is 25.6 Å². The number of hydrogen-bond donors (Lipinski definition) is 2. The van der Waals surface area contributed by atoms with Crippen molar-refractivity contribution in [3.8, 4) is 0 Å². The fourth-order valence-electron chi connectivity index (χ4n) is 2.89. The molecule has 0 radical (unpaired) electrons. The highest BCUT2D eigenvalue weighted by Crippen LogP contribution is 2.25. The fraction of sp³-hybridized carbons (Fsp3) is 0.882. The summed E-state index contributed by atoms with van der Waals surface area (Å²) in [4.78, 5) is 26.7. The van der Waals surface area contributed by atoms with Crippen molar-refractivity contribution in [2.75, 3.05) is 13.1 Å². The van der Waals surface area contributed by atoms with E-state index in [9.17, 15) is 9.59 Å². The normalized spacial score (nSPS) is 19.2. The van der Waals surface area contributed by atoms with Gasteiger partial charge in [-0.05, 0) is 24.7 Å². The maximum atomic E-state index is 12.5. The molecule has 1 heterocycles. The van der Waals surface area contributed by atoms with Crippen LogP contribution in [0, 0.1) is 5.41 Å². The van der Waals surface area contributed by atoms with Gasteiger partial charge in [-0.25, -0.2) is 0 Å². The number of amides is 2. The highest BCUT2D eigenvalue weighted by atomic mass is 35.5. The molecular weight excluding hydrogens is 314 g/mol. The number of nitrogens with two attached hydrogens (primary N) is 1. The van der Waals surface area contributed by atoms with E-state index in [0.29, 0.717) is 19.5 Å². The molecule has 0 bridgehead atoms. The Labute approximate surface area is 147 Å². The molecular formula is C17H34ClN3O2. The Morgan fingerprint density at radius 2 is 2.00 bits per heavy atom. The number of nitrogens with one attached hydrogen (secondary N) is 1. The summed E-state index contributed by atoms with van der Waals surface area (Å²) < 4.78 is 0.